The molecule has 0 bridgehead atoms. The molecule has 1 aromatic carbocycles. The van der Waals surface area contributed by atoms with Crippen LogP contribution in [-0.4, -0.2) is 29.0 Å². The van der Waals surface area contributed by atoms with Crippen LogP contribution in [0.15, 0.2) is 41.0 Å². The van der Waals surface area contributed by atoms with E-state index in [1.807, 2.05) is 0 Å². The van der Waals surface area contributed by atoms with Crippen LogP contribution in [0.25, 0.3) is 22.4 Å². The zero-order valence-corrected chi connectivity index (χ0v) is 11.0. The fourth-order valence-electron chi connectivity index (χ4n) is 2.25. The highest BCUT2D eigenvalue weighted by molar-refractivity contribution is 6.43. The second-order valence-corrected chi connectivity index (χ2v) is 4.40. The zero-order valence-electron chi connectivity index (χ0n) is 11.0. The first-order valence-corrected chi connectivity index (χ1v) is 6.13. The van der Waals surface area contributed by atoms with E-state index < -0.39 is 11.8 Å². The van der Waals surface area contributed by atoms with E-state index in [2.05, 4.69) is 4.98 Å². The van der Waals surface area contributed by atoms with Gasteiger partial charge in [0.05, 0.1) is 24.6 Å². The van der Waals surface area contributed by atoms with Gasteiger partial charge in [-0.15, -0.1) is 0 Å². The molecular weight excluding hydrogens is 274 g/mol. The number of carboxylic acid groups (broad SMARTS) is 1. The number of methoxy groups -OCH3 is 1. The molecule has 0 unspecified atom stereocenters. The van der Waals surface area contributed by atoms with E-state index in [4.69, 9.17) is 14.3 Å². The summed E-state index contributed by atoms with van der Waals surface area (Å²) in [6.07, 6.45) is 1.45. The molecule has 0 spiro atoms. The molecular formula is C15H11NO5. The lowest BCUT2D eigenvalue weighted by Crippen LogP contribution is -2.13. The Bertz CT molecular complexity index is 829. The van der Waals surface area contributed by atoms with E-state index in [1.165, 1.54) is 13.4 Å². The van der Waals surface area contributed by atoms with Gasteiger partial charge in [-0.1, -0.05) is 0 Å². The average molecular weight is 285 g/mol. The van der Waals surface area contributed by atoms with Crippen LogP contribution in [0, 0.1) is 0 Å². The third kappa shape index (κ3) is 2.06. The average Bonchev–Trinajstić information content (AvgIpc) is 3.12. The number of hydrogen-bond acceptors (Lipinski definition) is 4. The number of carbonyl (C=O) groups excluding carboxylic acids is 1. The van der Waals surface area contributed by atoms with Crippen LogP contribution in [0.4, 0.5) is 0 Å². The largest absolute Gasteiger partial charge is 0.497 e. The number of carboxylic acids is 1. The van der Waals surface area contributed by atoms with Gasteiger partial charge in [0.15, 0.2) is 5.76 Å². The van der Waals surface area contributed by atoms with Crippen LogP contribution in [0.2, 0.25) is 0 Å². The van der Waals surface area contributed by atoms with Gasteiger partial charge in [-0.25, -0.2) is 4.79 Å². The predicted octanol–water partition coefficient (Wildman–Crippen LogP) is 2.70. The van der Waals surface area contributed by atoms with Crippen molar-refractivity contribution in [1.29, 1.82) is 0 Å². The summed E-state index contributed by atoms with van der Waals surface area (Å²) < 4.78 is 10.4. The molecule has 6 nitrogen and oxygen atoms in total. The number of carbonyl (C=O) groups is 2. The van der Waals surface area contributed by atoms with Crippen LogP contribution < -0.4 is 4.74 Å². The summed E-state index contributed by atoms with van der Waals surface area (Å²) in [4.78, 5) is 26.1. The molecule has 2 aromatic heterocycles. The number of rotatable bonds is 4. The van der Waals surface area contributed by atoms with Crippen molar-refractivity contribution in [3.8, 4) is 17.2 Å². The molecule has 106 valence electrons. The summed E-state index contributed by atoms with van der Waals surface area (Å²) in [6, 6.07) is 8.38. The highest BCUT2D eigenvalue weighted by Gasteiger charge is 2.26. The molecule has 2 N–H and O–H groups in total. The molecule has 2 heterocycles. The molecule has 0 radical (unpaired) electrons. The zero-order chi connectivity index (χ0) is 15.0. The third-order valence-electron chi connectivity index (χ3n) is 3.19. The molecule has 0 saturated carbocycles. The van der Waals surface area contributed by atoms with Gasteiger partial charge < -0.3 is 19.2 Å². The predicted molar refractivity (Wildman–Crippen MR) is 74.5 cm³/mol. The lowest BCUT2D eigenvalue weighted by atomic mass is 10.0. The van der Waals surface area contributed by atoms with E-state index in [1.54, 1.807) is 30.3 Å². The first-order chi connectivity index (χ1) is 10.1. The molecule has 6 heteroatoms. The number of ether oxygens (including phenoxy) is 1. The van der Waals surface area contributed by atoms with Gasteiger partial charge in [-0.3, -0.25) is 4.79 Å². The Morgan fingerprint density at radius 3 is 2.71 bits per heavy atom. The Balaban J connectivity index is 2.34. The maximum absolute atomic E-state index is 12.0. The van der Waals surface area contributed by atoms with Crippen molar-refractivity contribution in [3.05, 3.63) is 42.2 Å². The normalized spacial score (nSPS) is 10.7. The summed E-state index contributed by atoms with van der Waals surface area (Å²) in [5.41, 5.74) is 1.04. The highest BCUT2D eigenvalue weighted by atomic mass is 16.5. The number of H-pyrrole nitrogens is 1. The standard InChI is InChI=1S/C15H11NO5/c1-20-8-4-5-10-9(7-8)12(14(17)15(18)19)13(16-10)11-3-2-6-21-11/h2-7,16H,1H3,(H,18,19). The van der Waals surface area contributed by atoms with E-state index in [9.17, 15) is 9.59 Å². The van der Waals surface area contributed by atoms with Crippen LogP contribution in [-0.2, 0) is 4.79 Å². The fraction of sp³-hybridized carbons (Fsp3) is 0.0667. The molecule has 0 aliphatic carbocycles. The third-order valence-corrected chi connectivity index (χ3v) is 3.19. The number of furan rings is 1. The summed E-state index contributed by atoms with van der Waals surface area (Å²) in [6.45, 7) is 0. The van der Waals surface area contributed by atoms with Crippen molar-refractivity contribution in [2.24, 2.45) is 0 Å². The second-order valence-electron chi connectivity index (χ2n) is 4.40. The fourth-order valence-corrected chi connectivity index (χ4v) is 2.25. The van der Waals surface area contributed by atoms with Crippen LogP contribution in [0.1, 0.15) is 10.4 Å². The van der Waals surface area contributed by atoms with Crippen molar-refractivity contribution >= 4 is 22.7 Å². The molecule has 0 atom stereocenters. The van der Waals surface area contributed by atoms with Gasteiger partial charge in [0.2, 0.25) is 0 Å². The molecule has 0 aliphatic heterocycles. The maximum Gasteiger partial charge on any atom is 0.377 e. The van der Waals surface area contributed by atoms with Crippen molar-refractivity contribution in [2.45, 2.75) is 0 Å². The molecule has 21 heavy (non-hydrogen) atoms. The van der Waals surface area contributed by atoms with Crippen molar-refractivity contribution < 1.29 is 23.8 Å². The van der Waals surface area contributed by atoms with Crippen molar-refractivity contribution in [3.63, 3.8) is 0 Å². The van der Waals surface area contributed by atoms with Crippen LogP contribution in [0.5, 0.6) is 5.75 Å². The summed E-state index contributed by atoms with van der Waals surface area (Å²) in [5, 5.41) is 9.52. The molecule has 3 rings (SSSR count). The van der Waals surface area contributed by atoms with E-state index in [0.29, 0.717) is 28.1 Å². The Hall–Kier alpha value is -3.02. The number of ketones is 1. The maximum atomic E-state index is 12.0. The number of nitrogens with one attached hydrogen (secondary N) is 1. The monoisotopic (exact) mass is 285 g/mol. The van der Waals surface area contributed by atoms with Crippen molar-refractivity contribution in [2.75, 3.05) is 7.11 Å². The first-order valence-electron chi connectivity index (χ1n) is 6.13. The smallest absolute Gasteiger partial charge is 0.377 e. The van der Waals surface area contributed by atoms with E-state index >= 15 is 0 Å². The number of aromatic nitrogens is 1. The second kappa shape index (κ2) is 4.82. The van der Waals surface area contributed by atoms with Gasteiger partial charge in [0, 0.05) is 10.9 Å². The number of Topliss-reactive ketones (excluding diaryl/α,β-unsaturated/α-hetero) is 1. The van der Waals surface area contributed by atoms with Gasteiger partial charge in [0.1, 0.15) is 5.75 Å². The van der Waals surface area contributed by atoms with Crippen LogP contribution >= 0.6 is 0 Å². The van der Waals surface area contributed by atoms with Crippen molar-refractivity contribution in [1.82, 2.24) is 4.98 Å². The highest BCUT2D eigenvalue weighted by Crippen LogP contribution is 2.33. The minimum absolute atomic E-state index is 0.0614. The summed E-state index contributed by atoms with van der Waals surface area (Å²) in [7, 11) is 1.50. The lowest BCUT2D eigenvalue weighted by Gasteiger charge is -2.00. The number of aromatic amines is 1. The SMILES string of the molecule is COc1ccc2[nH]c(-c3ccco3)c(C(=O)C(=O)O)c2c1. The number of aliphatic carboxylic acids is 1. The van der Waals surface area contributed by atoms with Gasteiger partial charge in [-0.05, 0) is 30.3 Å². The lowest BCUT2D eigenvalue weighted by molar-refractivity contribution is -0.131. The Labute approximate surface area is 118 Å². The number of fused-ring (bicyclic) bond motifs is 1. The Morgan fingerprint density at radius 2 is 2.10 bits per heavy atom. The first kappa shape index (κ1) is 13.0. The van der Waals surface area contributed by atoms with Crippen LogP contribution in [0.3, 0.4) is 0 Å². The molecule has 0 amide bonds. The van der Waals surface area contributed by atoms with E-state index in [-0.39, 0.29) is 5.56 Å². The Kier molecular flexibility index (Phi) is 2.98. The summed E-state index contributed by atoms with van der Waals surface area (Å²) >= 11 is 0. The number of benzene rings is 1. The summed E-state index contributed by atoms with van der Waals surface area (Å²) in [5.74, 6) is -1.59. The minimum Gasteiger partial charge on any atom is -0.497 e. The Morgan fingerprint density at radius 1 is 1.29 bits per heavy atom. The van der Waals surface area contributed by atoms with E-state index in [0.717, 1.165) is 0 Å². The molecule has 0 aliphatic rings. The number of hydrogen-bond donors (Lipinski definition) is 2. The molecule has 0 fully saturated rings. The molecule has 3 aromatic rings. The quantitative estimate of drug-likeness (QED) is 0.568. The van der Waals surface area contributed by atoms with Gasteiger partial charge >= 0.3 is 5.97 Å². The minimum atomic E-state index is -1.52. The van der Waals surface area contributed by atoms with Gasteiger partial charge in [0.25, 0.3) is 5.78 Å². The van der Waals surface area contributed by atoms with Gasteiger partial charge in [-0.2, -0.15) is 0 Å². The molecule has 0 saturated heterocycles. The topological polar surface area (TPSA) is 92.5 Å².